The van der Waals surface area contributed by atoms with Gasteiger partial charge in [0.25, 0.3) is 5.56 Å². The number of amides is 1. The molecule has 3 rings (SSSR count). The van der Waals surface area contributed by atoms with Crippen molar-refractivity contribution in [2.75, 3.05) is 13.1 Å². The maximum Gasteiger partial charge on any atom is 0.261 e. The predicted octanol–water partition coefficient (Wildman–Crippen LogP) is 0.349. The molecule has 110 valence electrons. The third-order valence-electron chi connectivity index (χ3n) is 3.98. The molecule has 1 aromatic carbocycles. The number of nitrogens with one attached hydrogen (secondary N) is 1. The van der Waals surface area contributed by atoms with E-state index in [1.54, 1.807) is 0 Å². The van der Waals surface area contributed by atoms with Gasteiger partial charge in [-0.25, -0.2) is 4.98 Å². The molecule has 1 saturated heterocycles. The third-order valence-corrected chi connectivity index (χ3v) is 3.98. The van der Waals surface area contributed by atoms with E-state index >= 15 is 0 Å². The zero-order valence-corrected chi connectivity index (χ0v) is 11.7. The molecule has 0 atom stereocenters. The normalized spacial score (nSPS) is 16.2. The van der Waals surface area contributed by atoms with Crippen molar-refractivity contribution in [1.82, 2.24) is 14.9 Å². The summed E-state index contributed by atoms with van der Waals surface area (Å²) < 4.78 is 1.26. The van der Waals surface area contributed by atoms with E-state index in [0.717, 1.165) is 25.9 Å². The van der Waals surface area contributed by atoms with Gasteiger partial charge in [0.05, 0.1) is 17.2 Å². The number of carbonyl (C=O) groups is 1. The van der Waals surface area contributed by atoms with E-state index in [-0.39, 0.29) is 12.1 Å². The van der Waals surface area contributed by atoms with Crippen molar-refractivity contribution in [1.29, 1.82) is 0 Å². The number of rotatable bonds is 3. The average Bonchev–Trinajstić information content (AvgIpc) is 2.50. The molecule has 0 spiro atoms. The second kappa shape index (κ2) is 5.65. The zero-order chi connectivity index (χ0) is 14.8. The highest BCUT2D eigenvalue weighted by Crippen LogP contribution is 2.26. The number of hydrogen-bond donors (Lipinski definition) is 2. The number of piperidine rings is 1. The summed E-state index contributed by atoms with van der Waals surface area (Å²) in [4.78, 5) is 27.6. The Morgan fingerprint density at radius 1 is 1.38 bits per heavy atom. The Labute approximate surface area is 122 Å². The molecule has 0 bridgehead atoms. The van der Waals surface area contributed by atoms with E-state index in [1.807, 2.05) is 18.2 Å². The first-order chi connectivity index (χ1) is 10.1. The van der Waals surface area contributed by atoms with Crippen LogP contribution in [-0.4, -0.2) is 28.5 Å². The molecule has 2 heterocycles. The highest BCUT2D eigenvalue weighted by Gasteiger charge is 2.16. The molecular weight excluding hydrogens is 268 g/mol. The van der Waals surface area contributed by atoms with Gasteiger partial charge in [0.2, 0.25) is 5.91 Å². The highest BCUT2D eigenvalue weighted by molar-refractivity contribution is 5.79. The summed E-state index contributed by atoms with van der Waals surface area (Å²) in [6.07, 6.45) is 3.52. The summed E-state index contributed by atoms with van der Waals surface area (Å²) >= 11 is 0. The smallest absolute Gasteiger partial charge is 0.261 e. The summed E-state index contributed by atoms with van der Waals surface area (Å²) in [7, 11) is 0. The Hall–Kier alpha value is -2.21. The number of hydrogen-bond acceptors (Lipinski definition) is 4. The minimum atomic E-state index is -0.548. The number of fused-ring (bicyclic) bond motifs is 1. The second-order valence-electron chi connectivity index (χ2n) is 5.44. The average molecular weight is 286 g/mol. The van der Waals surface area contributed by atoms with Crippen LogP contribution in [0.1, 0.15) is 24.3 Å². The minimum Gasteiger partial charge on any atom is -0.368 e. The van der Waals surface area contributed by atoms with Gasteiger partial charge in [-0.1, -0.05) is 6.07 Å². The molecule has 1 aromatic heterocycles. The fraction of sp³-hybridized carbons (Fsp3) is 0.400. The van der Waals surface area contributed by atoms with E-state index in [4.69, 9.17) is 5.73 Å². The molecular formula is C15H18N4O2. The van der Waals surface area contributed by atoms with Gasteiger partial charge in [0, 0.05) is 0 Å². The first-order valence-corrected chi connectivity index (χ1v) is 7.13. The van der Waals surface area contributed by atoms with Crippen molar-refractivity contribution in [3.8, 4) is 0 Å². The Bertz CT molecular complexity index is 732. The number of nitrogens with two attached hydrogens (primary N) is 1. The van der Waals surface area contributed by atoms with Crippen molar-refractivity contribution >= 4 is 16.8 Å². The maximum absolute atomic E-state index is 12.4. The lowest BCUT2D eigenvalue weighted by Gasteiger charge is -2.23. The van der Waals surface area contributed by atoms with Crippen LogP contribution in [0.4, 0.5) is 0 Å². The van der Waals surface area contributed by atoms with Crippen LogP contribution < -0.4 is 16.6 Å². The third kappa shape index (κ3) is 2.80. The quantitative estimate of drug-likeness (QED) is 0.852. The molecule has 2 aromatic rings. The zero-order valence-electron chi connectivity index (χ0n) is 11.7. The van der Waals surface area contributed by atoms with Gasteiger partial charge in [-0.3, -0.25) is 14.2 Å². The first-order valence-electron chi connectivity index (χ1n) is 7.13. The van der Waals surface area contributed by atoms with Gasteiger partial charge in [-0.15, -0.1) is 0 Å². The van der Waals surface area contributed by atoms with Gasteiger partial charge in [0.15, 0.2) is 0 Å². The minimum absolute atomic E-state index is 0.140. The van der Waals surface area contributed by atoms with Gasteiger partial charge in [0.1, 0.15) is 6.54 Å². The summed E-state index contributed by atoms with van der Waals surface area (Å²) in [5.74, 6) is -0.0763. The van der Waals surface area contributed by atoms with Crippen molar-refractivity contribution in [3.05, 3.63) is 40.4 Å². The Kier molecular flexibility index (Phi) is 3.70. The van der Waals surface area contributed by atoms with Crippen molar-refractivity contribution in [3.63, 3.8) is 0 Å². The molecule has 21 heavy (non-hydrogen) atoms. The van der Waals surface area contributed by atoms with Crippen molar-refractivity contribution in [2.45, 2.75) is 25.3 Å². The largest absolute Gasteiger partial charge is 0.368 e. The Balaban J connectivity index is 2.04. The molecule has 1 amide bonds. The summed E-state index contributed by atoms with van der Waals surface area (Å²) in [5, 5.41) is 3.88. The molecule has 0 unspecified atom stereocenters. The van der Waals surface area contributed by atoms with Crippen LogP contribution in [0.25, 0.3) is 10.9 Å². The molecule has 1 fully saturated rings. The van der Waals surface area contributed by atoms with Crippen LogP contribution in [0.15, 0.2) is 29.3 Å². The standard InChI is InChI=1S/C15H18N4O2/c16-14(20)8-19-9-18-13-2-1-11(7-12(13)15(19)21)10-3-5-17-6-4-10/h1-2,7,9-10,17H,3-6,8H2,(H2,16,20). The summed E-state index contributed by atoms with van der Waals surface area (Å²) in [6.45, 7) is 1.86. The predicted molar refractivity (Wildman–Crippen MR) is 80.0 cm³/mol. The fourth-order valence-corrected chi connectivity index (χ4v) is 2.87. The monoisotopic (exact) mass is 286 g/mol. The molecule has 6 heteroatoms. The molecule has 0 saturated carbocycles. The Morgan fingerprint density at radius 2 is 2.14 bits per heavy atom. The van der Waals surface area contributed by atoms with Gasteiger partial charge >= 0.3 is 0 Å². The van der Waals surface area contributed by atoms with Crippen molar-refractivity contribution < 1.29 is 4.79 Å². The number of aromatic nitrogens is 2. The topological polar surface area (TPSA) is 90.0 Å². The van der Waals surface area contributed by atoms with E-state index in [2.05, 4.69) is 10.3 Å². The number of carbonyl (C=O) groups excluding carboxylic acids is 1. The number of benzene rings is 1. The first kappa shape index (κ1) is 13.8. The Morgan fingerprint density at radius 3 is 2.86 bits per heavy atom. The van der Waals surface area contributed by atoms with Crippen molar-refractivity contribution in [2.24, 2.45) is 5.73 Å². The van der Waals surface area contributed by atoms with Gasteiger partial charge in [-0.05, 0) is 49.5 Å². The van der Waals surface area contributed by atoms with Gasteiger partial charge < -0.3 is 11.1 Å². The van der Waals surface area contributed by atoms with Crippen LogP contribution in [-0.2, 0) is 11.3 Å². The molecule has 1 aliphatic heterocycles. The SMILES string of the molecule is NC(=O)Cn1cnc2ccc(C3CCNCC3)cc2c1=O. The highest BCUT2D eigenvalue weighted by atomic mass is 16.2. The lowest BCUT2D eigenvalue weighted by Crippen LogP contribution is -2.28. The van der Waals surface area contributed by atoms with Crippen LogP contribution in [0.3, 0.4) is 0 Å². The van der Waals surface area contributed by atoms with E-state index in [9.17, 15) is 9.59 Å². The molecule has 0 radical (unpaired) electrons. The molecule has 0 aliphatic carbocycles. The summed E-state index contributed by atoms with van der Waals surface area (Å²) in [6, 6.07) is 5.84. The molecule has 6 nitrogen and oxygen atoms in total. The fourth-order valence-electron chi connectivity index (χ4n) is 2.87. The van der Waals surface area contributed by atoms with Crippen LogP contribution in [0.2, 0.25) is 0 Å². The second-order valence-corrected chi connectivity index (χ2v) is 5.44. The molecule has 1 aliphatic rings. The van der Waals surface area contributed by atoms with Crippen LogP contribution >= 0.6 is 0 Å². The molecule has 3 N–H and O–H groups in total. The van der Waals surface area contributed by atoms with E-state index < -0.39 is 5.91 Å². The van der Waals surface area contributed by atoms with Crippen LogP contribution in [0, 0.1) is 0 Å². The van der Waals surface area contributed by atoms with E-state index in [0.29, 0.717) is 16.8 Å². The number of primary amides is 1. The van der Waals surface area contributed by atoms with Crippen LogP contribution in [0.5, 0.6) is 0 Å². The summed E-state index contributed by atoms with van der Waals surface area (Å²) in [5.41, 5.74) is 6.76. The van der Waals surface area contributed by atoms with E-state index in [1.165, 1.54) is 16.5 Å². The van der Waals surface area contributed by atoms with Gasteiger partial charge in [-0.2, -0.15) is 0 Å². The maximum atomic E-state index is 12.4. The lowest BCUT2D eigenvalue weighted by atomic mass is 9.89. The number of nitrogens with zero attached hydrogens (tertiary/aromatic N) is 2. The lowest BCUT2D eigenvalue weighted by molar-refractivity contribution is -0.118.